The van der Waals surface area contributed by atoms with Crippen LogP contribution in [0.15, 0.2) is 29.4 Å². The smallest absolute Gasteiger partial charge is 0.108 e. The fourth-order valence-electron chi connectivity index (χ4n) is 2.06. The lowest BCUT2D eigenvalue weighted by Gasteiger charge is -2.22. The summed E-state index contributed by atoms with van der Waals surface area (Å²) in [6.07, 6.45) is 8.34. The van der Waals surface area contributed by atoms with Crippen LogP contribution in [0, 0.1) is 0 Å². The van der Waals surface area contributed by atoms with E-state index in [1.54, 1.807) is 6.26 Å². The number of aryl methyl sites for hydroxylation is 1. The van der Waals surface area contributed by atoms with Gasteiger partial charge in [-0.2, -0.15) is 0 Å². The van der Waals surface area contributed by atoms with E-state index < -0.39 is 0 Å². The Bertz CT molecular complexity index is 303. The maximum atomic E-state index is 5.43. The van der Waals surface area contributed by atoms with E-state index in [-0.39, 0.29) is 0 Å². The maximum absolute atomic E-state index is 5.43. The Morgan fingerprint density at radius 3 is 3.43 bits per heavy atom. The Kier molecular flexibility index (Phi) is 3.04. The molecule has 1 heterocycles. The van der Waals surface area contributed by atoms with Gasteiger partial charge in [-0.05, 0) is 31.9 Å². The molecular formula is C12H17NO. The molecule has 0 aliphatic heterocycles. The average molecular weight is 191 g/mol. The predicted molar refractivity (Wildman–Crippen MR) is 57.2 cm³/mol. The lowest BCUT2D eigenvalue weighted by Crippen LogP contribution is -2.25. The van der Waals surface area contributed by atoms with Gasteiger partial charge >= 0.3 is 0 Å². The summed E-state index contributed by atoms with van der Waals surface area (Å²) in [5.41, 5.74) is 1.36. The number of hydrogen-bond donors (Lipinski definition) is 1. The van der Waals surface area contributed by atoms with Gasteiger partial charge in [0.2, 0.25) is 0 Å². The van der Waals surface area contributed by atoms with Crippen molar-refractivity contribution in [2.75, 3.05) is 6.54 Å². The molecule has 14 heavy (non-hydrogen) atoms. The molecule has 0 saturated carbocycles. The first-order valence-corrected chi connectivity index (χ1v) is 5.32. The van der Waals surface area contributed by atoms with Crippen LogP contribution in [0.3, 0.4) is 0 Å². The standard InChI is InChI=1S/C12H17NO/c1-2-3-8-13-11-5-4-6-12-10(11)7-9-14-12/h2,7,9,11,13H,1,3-6,8H2. The first-order chi connectivity index (χ1) is 6.92. The highest BCUT2D eigenvalue weighted by molar-refractivity contribution is 5.23. The van der Waals surface area contributed by atoms with E-state index in [1.807, 2.05) is 6.08 Å². The molecule has 0 amide bonds. The molecule has 0 saturated heterocycles. The first kappa shape index (κ1) is 9.53. The molecule has 1 aliphatic rings. The van der Waals surface area contributed by atoms with E-state index in [9.17, 15) is 0 Å². The van der Waals surface area contributed by atoms with Gasteiger partial charge in [-0.25, -0.2) is 0 Å². The molecule has 2 heteroatoms. The minimum Gasteiger partial charge on any atom is -0.469 e. The van der Waals surface area contributed by atoms with E-state index in [1.165, 1.54) is 24.2 Å². The average Bonchev–Trinajstić information content (AvgIpc) is 2.67. The van der Waals surface area contributed by atoms with Crippen molar-refractivity contribution in [2.24, 2.45) is 0 Å². The summed E-state index contributed by atoms with van der Waals surface area (Å²) in [6.45, 7) is 4.73. The molecule has 1 aromatic heterocycles. The molecule has 0 radical (unpaired) electrons. The number of fused-ring (bicyclic) bond motifs is 1. The summed E-state index contributed by atoms with van der Waals surface area (Å²) in [4.78, 5) is 0. The lowest BCUT2D eigenvalue weighted by molar-refractivity contribution is 0.414. The molecule has 1 atom stereocenters. The maximum Gasteiger partial charge on any atom is 0.108 e. The van der Waals surface area contributed by atoms with Crippen molar-refractivity contribution >= 4 is 0 Å². The van der Waals surface area contributed by atoms with E-state index >= 15 is 0 Å². The van der Waals surface area contributed by atoms with Gasteiger partial charge in [0.15, 0.2) is 0 Å². The summed E-state index contributed by atoms with van der Waals surface area (Å²) in [5, 5.41) is 3.53. The molecule has 76 valence electrons. The molecule has 2 nitrogen and oxygen atoms in total. The van der Waals surface area contributed by atoms with Crippen LogP contribution < -0.4 is 5.32 Å². The highest BCUT2D eigenvalue weighted by atomic mass is 16.3. The topological polar surface area (TPSA) is 25.2 Å². The van der Waals surface area contributed by atoms with Gasteiger partial charge in [0.25, 0.3) is 0 Å². The molecule has 1 aromatic rings. The molecule has 0 fully saturated rings. The Labute approximate surface area is 85.0 Å². The molecule has 1 unspecified atom stereocenters. The molecule has 0 bridgehead atoms. The van der Waals surface area contributed by atoms with Crippen LogP contribution in [0.1, 0.15) is 36.6 Å². The van der Waals surface area contributed by atoms with Gasteiger partial charge in [-0.15, -0.1) is 6.58 Å². The van der Waals surface area contributed by atoms with Crippen molar-refractivity contribution in [1.82, 2.24) is 5.32 Å². The van der Waals surface area contributed by atoms with Crippen LogP contribution in [-0.2, 0) is 6.42 Å². The van der Waals surface area contributed by atoms with Crippen LogP contribution in [0.5, 0.6) is 0 Å². The third kappa shape index (κ3) is 1.90. The third-order valence-corrected chi connectivity index (χ3v) is 2.79. The Morgan fingerprint density at radius 2 is 2.57 bits per heavy atom. The second kappa shape index (κ2) is 4.47. The van der Waals surface area contributed by atoms with Crippen molar-refractivity contribution in [1.29, 1.82) is 0 Å². The van der Waals surface area contributed by atoms with E-state index in [2.05, 4.69) is 18.0 Å². The van der Waals surface area contributed by atoms with Crippen molar-refractivity contribution in [3.05, 3.63) is 36.3 Å². The normalized spacial score (nSPS) is 20.4. The van der Waals surface area contributed by atoms with Crippen LogP contribution in [-0.4, -0.2) is 6.54 Å². The molecule has 0 spiro atoms. The van der Waals surface area contributed by atoms with E-state index in [0.717, 1.165) is 19.4 Å². The van der Waals surface area contributed by atoms with Crippen LogP contribution in [0.2, 0.25) is 0 Å². The minimum absolute atomic E-state index is 0.498. The van der Waals surface area contributed by atoms with Gasteiger partial charge in [0, 0.05) is 18.0 Å². The minimum atomic E-state index is 0.498. The zero-order valence-electron chi connectivity index (χ0n) is 8.46. The number of furan rings is 1. The zero-order valence-corrected chi connectivity index (χ0v) is 8.46. The second-order valence-electron chi connectivity index (χ2n) is 3.78. The summed E-state index contributed by atoms with van der Waals surface area (Å²) < 4.78 is 5.43. The SMILES string of the molecule is C=CCCNC1CCCc2occc21. The molecule has 1 aliphatic carbocycles. The van der Waals surface area contributed by atoms with Crippen LogP contribution in [0.25, 0.3) is 0 Å². The summed E-state index contributed by atoms with van der Waals surface area (Å²) in [6, 6.07) is 2.59. The molecule has 1 N–H and O–H groups in total. The first-order valence-electron chi connectivity index (χ1n) is 5.32. The summed E-state index contributed by atoms with van der Waals surface area (Å²) in [5.74, 6) is 1.17. The lowest BCUT2D eigenvalue weighted by atomic mass is 9.93. The quantitative estimate of drug-likeness (QED) is 0.584. The highest BCUT2D eigenvalue weighted by Gasteiger charge is 2.21. The second-order valence-corrected chi connectivity index (χ2v) is 3.78. The molecule has 0 aromatic carbocycles. The largest absolute Gasteiger partial charge is 0.469 e. The van der Waals surface area contributed by atoms with Crippen molar-refractivity contribution in [2.45, 2.75) is 31.7 Å². The van der Waals surface area contributed by atoms with Gasteiger partial charge < -0.3 is 9.73 Å². The molecular weight excluding hydrogens is 174 g/mol. The number of nitrogens with one attached hydrogen (secondary N) is 1. The fourth-order valence-corrected chi connectivity index (χ4v) is 2.06. The van der Waals surface area contributed by atoms with E-state index in [4.69, 9.17) is 4.42 Å². The van der Waals surface area contributed by atoms with Gasteiger partial charge in [-0.3, -0.25) is 0 Å². The zero-order chi connectivity index (χ0) is 9.80. The van der Waals surface area contributed by atoms with Gasteiger partial charge in [-0.1, -0.05) is 6.08 Å². The van der Waals surface area contributed by atoms with Crippen LogP contribution in [0.4, 0.5) is 0 Å². The fraction of sp³-hybridized carbons (Fsp3) is 0.500. The van der Waals surface area contributed by atoms with E-state index in [0.29, 0.717) is 6.04 Å². The Morgan fingerprint density at radius 1 is 1.64 bits per heavy atom. The summed E-state index contributed by atoms with van der Waals surface area (Å²) >= 11 is 0. The molecule has 2 rings (SSSR count). The number of rotatable bonds is 4. The van der Waals surface area contributed by atoms with Crippen molar-refractivity contribution in [3.63, 3.8) is 0 Å². The summed E-state index contributed by atoms with van der Waals surface area (Å²) in [7, 11) is 0. The highest BCUT2D eigenvalue weighted by Crippen LogP contribution is 2.30. The number of hydrogen-bond acceptors (Lipinski definition) is 2. The Hall–Kier alpha value is -1.02. The Balaban J connectivity index is 1.98. The van der Waals surface area contributed by atoms with Crippen molar-refractivity contribution in [3.8, 4) is 0 Å². The van der Waals surface area contributed by atoms with Gasteiger partial charge in [0.05, 0.1) is 6.26 Å². The van der Waals surface area contributed by atoms with Gasteiger partial charge in [0.1, 0.15) is 5.76 Å². The predicted octanol–water partition coefficient (Wildman–Crippen LogP) is 2.82. The van der Waals surface area contributed by atoms with Crippen molar-refractivity contribution < 1.29 is 4.42 Å². The third-order valence-electron chi connectivity index (χ3n) is 2.79. The monoisotopic (exact) mass is 191 g/mol. The van der Waals surface area contributed by atoms with Crippen LogP contribution >= 0.6 is 0 Å².